The van der Waals surface area contributed by atoms with E-state index in [1.165, 1.54) is 0 Å². The largest absolute Gasteiger partial charge is 0.493 e. The molecule has 0 fully saturated rings. The average molecular weight is 550 g/mol. The molecule has 2 amide bonds. The van der Waals surface area contributed by atoms with Gasteiger partial charge in [0.05, 0.1) is 7.11 Å². The van der Waals surface area contributed by atoms with E-state index < -0.39 is 0 Å². The van der Waals surface area contributed by atoms with Crippen molar-refractivity contribution in [2.24, 2.45) is 0 Å². The van der Waals surface area contributed by atoms with Crippen LogP contribution in [0, 0.1) is 0 Å². The first kappa shape index (κ1) is 30.4. The van der Waals surface area contributed by atoms with Crippen molar-refractivity contribution in [3.8, 4) is 11.5 Å². The second-order valence-corrected chi connectivity index (χ2v) is 10.4. The van der Waals surface area contributed by atoms with Gasteiger partial charge in [0.2, 0.25) is 0 Å². The number of carbonyl (C=O) groups excluding carboxylic acids is 1. The number of hydrogen-bond donors (Lipinski definition) is 1. The first-order chi connectivity index (χ1) is 19.0. The molecule has 1 unspecified atom stereocenters. The zero-order valence-corrected chi connectivity index (χ0v) is 24.8. The number of carbonyl (C=O) groups is 1. The van der Waals surface area contributed by atoms with Crippen molar-refractivity contribution < 1.29 is 14.3 Å². The Balaban J connectivity index is 1.74. The van der Waals surface area contributed by atoms with E-state index in [9.17, 15) is 4.79 Å². The molecular formula is C32H43N3O3S. The van der Waals surface area contributed by atoms with Crippen molar-refractivity contribution in [3.05, 3.63) is 83.9 Å². The summed E-state index contributed by atoms with van der Waals surface area (Å²) in [5.41, 5.74) is 2.87. The Morgan fingerprint density at radius 1 is 0.949 bits per heavy atom. The monoisotopic (exact) mass is 549 g/mol. The molecule has 1 atom stereocenters. The van der Waals surface area contributed by atoms with Gasteiger partial charge in [-0.3, -0.25) is 0 Å². The molecule has 0 aliphatic carbocycles. The van der Waals surface area contributed by atoms with E-state index in [0.29, 0.717) is 24.7 Å². The van der Waals surface area contributed by atoms with Crippen LogP contribution in [0.3, 0.4) is 0 Å². The molecule has 0 saturated carbocycles. The Bertz CT molecular complexity index is 1140. The summed E-state index contributed by atoms with van der Waals surface area (Å²) in [6.45, 7) is 10.6. The van der Waals surface area contributed by atoms with Gasteiger partial charge in [-0.05, 0) is 93.2 Å². The van der Waals surface area contributed by atoms with Gasteiger partial charge in [0.25, 0.3) is 0 Å². The lowest BCUT2D eigenvalue weighted by Crippen LogP contribution is -2.41. The number of methoxy groups -OCH3 is 1. The van der Waals surface area contributed by atoms with Gasteiger partial charge < -0.3 is 24.6 Å². The number of rotatable bonds is 15. The van der Waals surface area contributed by atoms with Crippen molar-refractivity contribution in [2.75, 3.05) is 38.3 Å². The van der Waals surface area contributed by atoms with E-state index in [2.05, 4.69) is 31.0 Å². The number of nitrogens with zero attached hydrogens (tertiary/aromatic N) is 2. The number of urea groups is 1. The minimum atomic E-state index is -0.106. The van der Waals surface area contributed by atoms with E-state index in [4.69, 9.17) is 9.47 Å². The zero-order chi connectivity index (χ0) is 28.0. The molecule has 0 radical (unpaired) electrons. The summed E-state index contributed by atoms with van der Waals surface area (Å²) in [4.78, 5) is 19.1. The van der Waals surface area contributed by atoms with Gasteiger partial charge in [-0.1, -0.05) is 50.2 Å². The van der Waals surface area contributed by atoms with Crippen LogP contribution in [0.25, 0.3) is 0 Å². The number of ether oxygens (including phenoxy) is 2. The number of thioether (sulfide) groups is 1. The molecule has 0 bridgehead atoms. The van der Waals surface area contributed by atoms with E-state index >= 15 is 0 Å². The minimum Gasteiger partial charge on any atom is -0.493 e. The van der Waals surface area contributed by atoms with Crippen LogP contribution in [0.2, 0.25) is 0 Å². The van der Waals surface area contributed by atoms with E-state index in [-0.39, 0.29) is 12.1 Å². The minimum absolute atomic E-state index is 0.0611. The molecule has 3 rings (SSSR count). The van der Waals surface area contributed by atoms with Crippen molar-refractivity contribution in [1.82, 2.24) is 9.80 Å². The molecule has 0 saturated heterocycles. The molecule has 3 aromatic rings. The summed E-state index contributed by atoms with van der Waals surface area (Å²) in [6.07, 6.45) is 4.00. The van der Waals surface area contributed by atoms with Crippen LogP contribution in [0.1, 0.15) is 44.7 Å². The van der Waals surface area contributed by atoms with Crippen LogP contribution < -0.4 is 14.8 Å². The Hall–Kier alpha value is -3.16. The third-order valence-corrected chi connectivity index (χ3v) is 7.69. The first-order valence-corrected chi connectivity index (χ1v) is 15.0. The predicted molar refractivity (Wildman–Crippen MR) is 163 cm³/mol. The summed E-state index contributed by atoms with van der Waals surface area (Å²) in [5.74, 6) is 1.34. The van der Waals surface area contributed by atoms with Gasteiger partial charge in [0.15, 0.2) is 11.5 Å². The molecule has 3 aromatic carbocycles. The number of nitrogens with one attached hydrogen (secondary N) is 1. The van der Waals surface area contributed by atoms with Crippen LogP contribution in [-0.2, 0) is 13.2 Å². The average Bonchev–Trinajstić information content (AvgIpc) is 2.98. The maximum Gasteiger partial charge on any atom is 0.322 e. The van der Waals surface area contributed by atoms with Gasteiger partial charge in [-0.25, -0.2) is 4.79 Å². The maximum atomic E-state index is 13.5. The van der Waals surface area contributed by atoms with Crippen LogP contribution in [0.5, 0.6) is 11.5 Å². The van der Waals surface area contributed by atoms with Gasteiger partial charge in [0, 0.05) is 23.2 Å². The highest BCUT2D eigenvalue weighted by Crippen LogP contribution is 2.30. The van der Waals surface area contributed by atoms with E-state index in [0.717, 1.165) is 54.2 Å². The fourth-order valence-electron chi connectivity index (χ4n) is 4.47. The standard InChI is InChI=1S/C32H43N3O3S/c1-6-34(7-2)21-11-12-25(3)35(32(36)33-28-16-18-29(39-5)19-17-28)23-27-15-20-30(31(22-27)37-4)38-24-26-13-9-8-10-14-26/h8-10,13-20,22,25H,6-7,11-12,21,23-24H2,1-5H3,(H,33,36). The molecule has 7 heteroatoms. The Labute approximate surface area is 238 Å². The quantitative estimate of drug-likeness (QED) is 0.199. The van der Waals surface area contributed by atoms with Crippen molar-refractivity contribution >= 4 is 23.5 Å². The van der Waals surface area contributed by atoms with Crippen molar-refractivity contribution in [2.45, 2.75) is 57.7 Å². The van der Waals surface area contributed by atoms with Crippen molar-refractivity contribution in [3.63, 3.8) is 0 Å². The Morgan fingerprint density at radius 3 is 2.31 bits per heavy atom. The fraction of sp³-hybridized carbons (Fsp3) is 0.406. The van der Waals surface area contributed by atoms with Gasteiger partial charge in [0.1, 0.15) is 6.61 Å². The molecular weight excluding hydrogens is 506 g/mol. The SMILES string of the molecule is CCN(CC)CCCC(C)N(Cc1ccc(OCc2ccccc2)c(OC)c1)C(=O)Nc1ccc(SC)cc1. The smallest absolute Gasteiger partial charge is 0.322 e. The Morgan fingerprint density at radius 2 is 1.67 bits per heavy atom. The highest BCUT2D eigenvalue weighted by molar-refractivity contribution is 7.98. The summed E-state index contributed by atoms with van der Waals surface area (Å²) >= 11 is 1.68. The first-order valence-electron chi connectivity index (χ1n) is 13.7. The summed E-state index contributed by atoms with van der Waals surface area (Å²) in [7, 11) is 1.65. The molecule has 6 nitrogen and oxygen atoms in total. The van der Waals surface area contributed by atoms with Crippen molar-refractivity contribution in [1.29, 1.82) is 0 Å². The fourth-order valence-corrected chi connectivity index (χ4v) is 4.87. The molecule has 0 aromatic heterocycles. The molecule has 0 aliphatic rings. The summed E-state index contributed by atoms with van der Waals surface area (Å²) in [6, 6.07) is 23.9. The van der Waals surface area contributed by atoms with Crippen LogP contribution in [0.4, 0.5) is 10.5 Å². The lowest BCUT2D eigenvalue weighted by atomic mass is 10.1. The second-order valence-electron chi connectivity index (χ2n) is 9.56. The summed E-state index contributed by atoms with van der Waals surface area (Å²) < 4.78 is 11.7. The number of benzene rings is 3. The third-order valence-electron chi connectivity index (χ3n) is 6.94. The molecule has 0 spiro atoms. The third kappa shape index (κ3) is 9.52. The maximum absolute atomic E-state index is 13.5. The molecule has 39 heavy (non-hydrogen) atoms. The molecule has 0 heterocycles. The molecule has 0 aliphatic heterocycles. The topological polar surface area (TPSA) is 54.0 Å². The highest BCUT2D eigenvalue weighted by Gasteiger charge is 2.22. The predicted octanol–water partition coefficient (Wildman–Crippen LogP) is 7.54. The van der Waals surface area contributed by atoms with Gasteiger partial charge >= 0.3 is 6.03 Å². The number of anilines is 1. The molecule has 210 valence electrons. The molecule has 1 N–H and O–H groups in total. The second kappa shape index (κ2) is 16.1. The van der Waals surface area contributed by atoms with E-state index in [1.54, 1.807) is 18.9 Å². The van der Waals surface area contributed by atoms with E-state index in [1.807, 2.05) is 84.0 Å². The normalized spacial score (nSPS) is 11.7. The van der Waals surface area contributed by atoms with Gasteiger partial charge in [-0.15, -0.1) is 11.8 Å². The van der Waals surface area contributed by atoms with Crippen LogP contribution in [0.15, 0.2) is 77.7 Å². The summed E-state index contributed by atoms with van der Waals surface area (Å²) in [5, 5.41) is 3.11. The number of amides is 2. The lowest BCUT2D eigenvalue weighted by Gasteiger charge is -2.30. The van der Waals surface area contributed by atoms with Gasteiger partial charge in [-0.2, -0.15) is 0 Å². The number of hydrogen-bond acceptors (Lipinski definition) is 5. The zero-order valence-electron chi connectivity index (χ0n) is 24.0. The van der Waals surface area contributed by atoms with Crippen LogP contribution >= 0.6 is 11.8 Å². The highest BCUT2D eigenvalue weighted by atomic mass is 32.2. The lowest BCUT2D eigenvalue weighted by molar-refractivity contribution is 0.180. The van der Waals surface area contributed by atoms with Crippen LogP contribution in [-0.4, -0.2) is 54.9 Å². The Kier molecular flexibility index (Phi) is 12.5.